The largest absolute Gasteiger partial charge is 0.458 e. The van der Waals surface area contributed by atoms with Gasteiger partial charge in [0.1, 0.15) is 6.61 Å². The molecule has 2 N–H and O–H groups in total. The van der Waals surface area contributed by atoms with Crippen molar-refractivity contribution in [3.05, 3.63) is 68.1 Å². The van der Waals surface area contributed by atoms with E-state index >= 15 is 0 Å². The van der Waals surface area contributed by atoms with Crippen molar-refractivity contribution in [2.45, 2.75) is 39.0 Å². The van der Waals surface area contributed by atoms with E-state index in [-0.39, 0.29) is 47.5 Å². The summed E-state index contributed by atoms with van der Waals surface area (Å²) in [5.41, 5.74) is 0.422. The highest BCUT2D eigenvalue weighted by Gasteiger charge is 2.46. The molecule has 0 saturated carbocycles. The molecule has 1 aromatic carbocycles. The second-order valence-electron chi connectivity index (χ2n) is 7.74. The van der Waals surface area contributed by atoms with Crippen LogP contribution in [-0.4, -0.2) is 27.3 Å². The van der Waals surface area contributed by atoms with Gasteiger partial charge in [0, 0.05) is 16.7 Å². The van der Waals surface area contributed by atoms with Gasteiger partial charge in [0.25, 0.3) is 11.5 Å². The monoisotopic (exact) mass is 406 g/mol. The highest BCUT2D eigenvalue weighted by atomic mass is 16.6. The van der Waals surface area contributed by atoms with E-state index in [4.69, 9.17) is 4.74 Å². The number of hydrogen-bond acceptors (Lipinski definition) is 6. The summed E-state index contributed by atoms with van der Waals surface area (Å²) in [7, 11) is 0. The number of para-hydroxylation sites is 1. The van der Waals surface area contributed by atoms with Crippen molar-refractivity contribution in [1.82, 2.24) is 4.57 Å². The number of aromatic nitrogens is 1. The molecule has 8 heteroatoms. The summed E-state index contributed by atoms with van der Waals surface area (Å²) in [6.45, 7) is 3.13. The number of ether oxygens (including phenoxy) is 1. The molecule has 1 aromatic heterocycles. The van der Waals surface area contributed by atoms with Crippen LogP contribution in [0.25, 0.3) is 5.57 Å². The van der Waals surface area contributed by atoms with Gasteiger partial charge >= 0.3 is 5.97 Å². The molecule has 0 fully saturated rings. The summed E-state index contributed by atoms with van der Waals surface area (Å²) in [4.78, 5) is 51.2. The smallest absolute Gasteiger partial charge is 0.343 e. The number of ketones is 1. The topological polar surface area (TPSA) is 115 Å². The van der Waals surface area contributed by atoms with Crippen LogP contribution in [0.5, 0.6) is 0 Å². The number of nitrogens with one attached hydrogen (secondary N) is 1. The number of pyridine rings is 1. The maximum atomic E-state index is 13.2. The molecule has 0 bridgehead atoms. The number of rotatable bonds is 1. The number of esters is 1. The maximum absolute atomic E-state index is 13.2. The summed E-state index contributed by atoms with van der Waals surface area (Å²) in [5.74, 6) is -1.70. The second-order valence-corrected chi connectivity index (χ2v) is 7.74. The van der Waals surface area contributed by atoms with Gasteiger partial charge in [-0.15, -0.1) is 0 Å². The van der Waals surface area contributed by atoms with Gasteiger partial charge < -0.3 is 19.7 Å². The Balaban J connectivity index is 1.73. The molecule has 3 aliphatic rings. The van der Waals surface area contributed by atoms with Gasteiger partial charge in [0.2, 0.25) is 5.78 Å². The van der Waals surface area contributed by atoms with E-state index in [0.29, 0.717) is 11.3 Å². The molecule has 152 valence electrons. The van der Waals surface area contributed by atoms with E-state index < -0.39 is 28.8 Å². The number of anilines is 1. The van der Waals surface area contributed by atoms with E-state index in [1.54, 1.807) is 19.1 Å². The summed E-state index contributed by atoms with van der Waals surface area (Å²) in [6, 6.07) is 6.81. The van der Waals surface area contributed by atoms with Crippen LogP contribution < -0.4 is 10.9 Å². The van der Waals surface area contributed by atoms with Gasteiger partial charge in [0.05, 0.1) is 29.1 Å². The van der Waals surface area contributed by atoms with Crippen LogP contribution in [0.3, 0.4) is 0 Å². The Bertz CT molecular complexity index is 1290. The molecule has 0 spiro atoms. The van der Waals surface area contributed by atoms with Gasteiger partial charge in [-0.2, -0.15) is 0 Å². The Morgan fingerprint density at radius 1 is 1.23 bits per heavy atom. The maximum Gasteiger partial charge on any atom is 0.343 e. The number of hydrogen-bond donors (Lipinski definition) is 2. The lowest BCUT2D eigenvalue weighted by atomic mass is 9.86. The van der Waals surface area contributed by atoms with E-state index in [2.05, 4.69) is 5.32 Å². The number of carbonyl (C=O) groups excluding carboxylic acids is 3. The third-order valence-electron chi connectivity index (χ3n) is 6.18. The number of cyclic esters (lactones) is 1. The molecule has 2 aromatic rings. The lowest BCUT2D eigenvalue weighted by molar-refractivity contribution is -0.172. The molecule has 3 aliphatic heterocycles. The zero-order chi connectivity index (χ0) is 21.4. The van der Waals surface area contributed by atoms with E-state index in [1.807, 2.05) is 13.0 Å². The Labute approximate surface area is 170 Å². The van der Waals surface area contributed by atoms with Crippen molar-refractivity contribution in [3.8, 4) is 0 Å². The molecule has 1 amide bonds. The van der Waals surface area contributed by atoms with E-state index in [0.717, 1.165) is 5.56 Å². The number of benzene rings is 1. The number of Topliss-reactive ketones (excluding diaryl/α,β-unsaturated/α-hetero) is 1. The van der Waals surface area contributed by atoms with Crippen molar-refractivity contribution < 1.29 is 24.2 Å². The zero-order valence-corrected chi connectivity index (χ0v) is 16.4. The molecule has 1 atom stereocenters. The van der Waals surface area contributed by atoms with Gasteiger partial charge in [-0.05, 0) is 25.0 Å². The molecule has 0 radical (unpaired) electrons. The minimum atomic E-state index is -1.98. The number of nitrogens with zero attached hydrogens (tertiary/aromatic N) is 1. The molecule has 30 heavy (non-hydrogen) atoms. The molecule has 5 rings (SSSR count). The second kappa shape index (κ2) is 5.99. The first-order valence-corrected chi connectivity index (χ1v) is 9.64. The minimum Gasteiger partial charge on any atom is -0.458 e. The molecular formula is C22H18N2O6. The first-order valence-electron chi connectivity index (χ1n) is 9.64. The highest BCUT2D eigenvalue weighted by molar-refractivity contribution is 6.37. The van der Waals surface area contributed by atoms with Crippen LogP contribution in [-0.2, 0) is 33.1 Å². The molecular weight excluding hydrogens is 388 g/mol. The minimum absolute atomic E-state index is 0.00107. The summed E-state index contributed by atoms with van der Waals surface area (Å²) in [6.07, 6.45) is -0.00107. The summed E-state index contributed by atoms with van der Waals surface area (Å²) in [5, 5.41) is 13.6. The van der Waals surface area contributed by atoms with Crippen LogP contribution in [0.1, 0.15) is 46.1 Å². The van der Waals surface area contributed by atoms with Crippen LogP contribution in [0.2, 0.25) is 0 Å². The fraction of sp³-hybridized carbons (Fsp3) is 0.273. The van der Waals surface area contributed by atoms with Crippen molar-refractivity contribution in [2.75, 3.05) is 5.32 Å². The number of fused-ring (bicyclic) bond motifs is 3. The molecule has 0 unspecified atom stereocenters. The van der Waals surface area contributed by atoms with Crippen molar-refractivity contribution in [2.24, 2.45) is 0 Å². The predicted molar refractivity (Wildman–Crippen MR) is 106 cm³/mol. The van der Waals surface area contributed by atoms with Gasteiger partial charge in [-0.1, -0.05) is 25.1 Å². The van der Waals surface area contributed by atoms with Gasteiger partial charge in [-0.3, -0.25) is 14.4 Å². The highest BCUT2D eigenvalue weighted by Crippen LogP contribution is 2.40. The number of aryl methyl sites for hydroxylation is 1. The fourth-order valence-electron chi connectivity index (χ4n) is 4.46. The Hall–Kier alpha value is -3.52. The fourth-order valence-corrected chi connectivity index (χ4v) is 4.46. The number of amides is 1. The zero-order valence-electron chi connectivity index (χ0n) is 16.4. The first-order chi connectivity index (χ1) is 14.3. The SMILES string of the molecule is CC[C@@]1(O)C(=O)OCc2c1cc1n(c2=O)C/C(=C2\C(=O)Nc3c(C)cccc32)C1=O. The summed E-state index contributed by atoms with van der Waals surface area (Å²) >= 11 is 0. The Morgan fingerprint density at radius 3 is 2.73 bits per heavy atom. The normalized spacial score (nSPS) is 24.3. The standard InChI is InChI=1S/C22H18N2O6/c1-3-22(29)14-7-15-18(25)12(8-24(15)20(27)13(14)9-30-21(22)28)16-11-6-4-5-10(2)17(11)23-19(16)26/h4-7,29H,3,8-9H2,1-2H3,(H,23,26)/b16-12+/t22-/m0/s1. The van der Waals surface area contributed by atoms with Crippen LogP contribution >= 0.6 is 0 Å². The van der Waals surface area contributed by atoms with Gasteiger partial charge in [-0.25, -0.2) is 4.79 Å². The number of carbonyl (C=O) groups is 3. The average molecular weight is 406 g/mol. The Morgan fingerprint density at radius 2 is 2.00 bits per heavy atom. The lowest BCUT2D eigenvalue weighted by Crippen LogP contribution is -2.44. The van der Waals surface area contributed by atoms with Crippen molar-refractivity contribution in [3.63, 3.8) is 0 Å². The number of allylic oxidation sites excluding steroid dienone is 1. The van der Waals surface area contributed by atoms with E-state index in [9.17, 15) is 24.3 Å². The number of aliphatic hydroxyl groups is 1. The molecule has 0 aliphatic carbocycles. The third-order valence-corrected chi connectivity index (χ3v) is 6.18. The van der Waals surface area contributed by atoms with Crippen LogP contribution in [0.4, 0.5) is 5.69 Å². The first kappa shape index (κ1) is 18.5. The Kier molecular flexibility index (Phi) is 3.70. The third kappa shape index (κ3) is 2.19. The van der Waals surface area contributed by atoms with E-state index in [1.165, 1.54) is 10.6 Å². The molecule has 0 saturated heterocycles. The van der Waals surface area contributed by atoms with Crippen LogP contribution in [0.15, 0.2) is 34.6 Å². The van der Waals surface area contributed by atoms with Gasteiger partial charge in [0.15, 0.2) is 5.60 Å². The quantitative estimate of drug-likeness (QED) is 0.547. The average Bonchev–Trinajstić information content (AvgIpc) is 3.23. The van der Waals surface area contributed by atoms with Crippen molar-refractivity contribution >= 4 is 28.9 Å². The lowest BCUT2D eigenvalue weighted by Gasteiger charge is -2.31. The summed E-state index contributed by atoms with van der Waals surface area (Å²) < 4.78 is 6.30. The van der Waals surface area contributed by atoms with Crippen molar-refractivity contribution in [1.29, 1.82) is 0 Å². The predicted octanol–water partition coefficient (Wildman–Crippen LogP) is 1.41. The van der Waals surface area contributed by atoms with Crippen LogP contribution in [0, 0.1) is 6.92 Å². The molecule has 4 heterocycles. The molecule has 8 nitrogen and oxygen atoms in total.